The van der Waals surface area contributed by atoms with Gasteiger partial charge in [-0.05, 0) is 12.1 Å². The molecule has 2 rings (SSSR count). The first-order chi connectivity index (χ1) is 7.88. The molecule has 0 saturated carbocycles. The standard InChI is InChI=1S/C10H12N4O2/c1-15-8-2-3-9(12-6-8)11-5-4-10-13-7-16-14-10/h2-3,6-7H,4-5H2,1H3,(H,11,12). The van der Waals surface area contributed by atoms with Crippen LogP contribution in [0.25, 0.3) is 0 Å². The molecule has 0 atom stereocenters. The quantitative estimate of drug-likeness (QED) is 0.814. The maximum absolute atomic E-state index is 5.01. The molecule has 0 spiro atoms. The van der Waals surface area contributed by atoms with Crippen LogP contribution in [0.3, 0.4) is 0 Å². The van der Waals surface area contributed by atoms with Gasteiger partial charge in [0.25, 0.3) is 0 Å². The summed E-state index contributed by atoms with van der Waals surface area (Å²) >= 11 is 0. The summed E-state index contributed by atoms with van der Waals surface area (Å²) in [4.78, 5) is 8.08. The van der Waals surface area contributed by atoms with Gasteiger partial charge in [0, 0.05) is 13.0 Å². The van der Waals surface area contributed by atoms with Crippen LogP contribution < -0.4 is 10.1 Å². The van der Waals surface area contributed by atoms with Crippen molar-refractivity contribution in [2.45, 2.75) is 6.42 Å². The van der Waals surface area contributed by atoms with E-state index in [9.17, 15) is 0 Å². The number of rotatable bonds is 5. The van der Waals surface area contributed by atoms with E-state index in [-0.39, 0.29) is 0 Å². The average Bonchev–Trinajstić information content (AvgIpc) is 2.83. The van der Waals surface area contributed by atoms with Gasteiger partial charge >= 0.3 is 0 Å². The fourth-order valence-electron chi connectivity index (χ4n) is 1.21. The van der Waals surface area contributed by atoms with E-state index in [0.717, 1.165) is 11.6 Å². The van der Waals surface area contributed by atoms with Gasteiger partial charge in [-0.1, -0.05) is 5.16 Å². The van der Waals surface area contributed by atoms with Gasteiger partial charge in [0.1, 0.15) is 11.6 Å². The molecule has 2 aromatic rings. The Kier molecular flexibility index (Phi) is 3.32. The smallest absolute Gasteiger partial charge is 0.213 e. The molecular formula is C10H12N4O2. The van der Waals surface area contributed by atoms with Crippen molar-refractivity contribution in [3.05, 3.63) is 30.5 Å². The minimum absolute atomic E-state index is 0.681. The Labute approximate surface area is 92.7 Å². The van der Waals surface area contributed by atoms with Crippen LogP contribution in [-0.4, -0.2) is 28.8 Å². The van der Waals surface area contributed by atoms with E-state index in [1.165, 1.54) is 6.39 Å². The number of pyridine rings is 1. The summed E-state index contributed by atoms with van der Waals surface area (Å²) in [5, 5.41) is 6.85. The first-order valence-corrected chi connectivity index (χ1v) is 4.87. The second-order valence-corrected chi connectivity index (χ2v) is 3.11. The van der Waals surface area contributed by atoms with Crippen LogP contribution in [0.2, 0.25) is 0 Å². The zero-order valence-electron chi connectivity index (χ0n) is 8.88. The normalized spacial score (nSPS) is 10.1. The monoisotopic (exact) mass is 220 g/mol. The Morgan fingerprint density at radius 1 is 1.38 bits per heavy atom. The maximum atomic E-state index is 5.01. The Morgan fingerprint density at radius 2 is 2.31 bits per heavy atom. The number of methoxy groups -OCH3 is 1. The van der Waals surface area contributed by atoms with Crippen molar-refractivity contribution in [1.82, 2.24) is 15.1 Å². The number of nitrogens with one attached hydrogen (secondary N) is 1. The van der Waals surface area contributed by atoms with Crippen LogP contribution >= 0.6 is 0 Å². The maximum Gasteiger partial charge on any atom is 0.213 e. The fraction of sp³-hybridized carbons (Fsp3) is 0.300. The minimum atomic E-state index is 0.681. The number of ether oxygens (including phenoxy) is 1. The van der Waals surface area contributed by atoms with E-state index in [2.05, 4.69) is 25.0 Å². The molecule has 84 valence electrons. The van der Waals surface area contributed by atoms with Gasteiger partial charge in [0.05, 0.1) is 13.3 Å². The molecule has 0 bridgehead atoms. The predicted molar refractivity (Wildman–Crippen MR) is 57.3 cm³/mol. The fourth-order valence-corrected chi connectivity index (χ4v) is 1.21. The highest BCUT2D eigenvalue weighted by molar-refractivity contribution is 5.37. The topological polar surface area (TPSA) is 73.1 Å². The molecular weight excluding hydrogens is 208 g/mol. The van der Waals surface area contributed by atoms with Crippen LogP contribution in [0.1, 0.15) is 5.82 Å². The number of aromatic nitrogens is 3. The molecule has 1 N–H and O–H groups in total. The highest BCUT2D eigenvalue weighted by Gasteiger charge is 1.99. The van der Waals surface area contributed by atoms with Crippen LogP contribution in [0.4, 0.5) is 5.82 Å². The zero-order valence-corrected chi connectivity index (χ0v) is 8.88. The van der Waals surface area contributed by atoms with E-state index in [4.69, 9.17) is 4.74 Å². The summed E-state index contributed by atoms with van der Waals surface area (Å²) in [6, 6.07) is 3.71. The third-order valence-corrected chi connectivity index (χ3v) is 2.03. The molecule has 6 heteroatoms. The summed E-state index contributed by atoms with van der Waals surface area (Å²) in [5.41, 5.74) is 0. The zero-order chi connectivity index (χ0) is 11.2. The average molecular weight is 220 g/mol. The summed E-state index contributed by atoms with van der Waals surface area (Å²) in [6.07, 6.45) is 3.68. The number of hydrogen-bond acceptors (Lipinski definition) is 6. The molecule has 2 aromatic heterocycles. The Balaban J connectivity index is 1.81. The van der Waals surface area contributed by atoms with E-state index in [1.54, 1.807) is 13.3 Å². The third-order valence-electron chi connectivity index (χ3n) is 2.03. The lowest BCUT2D eigenvalue weighted by Gasteiger charge is -2.04. The lowest BCUT2D eigenvalue weighted by Crippen LogP contribution is -2.07. The highest BCUT2D eigenvalue weighted by Crippen LogP contribution is 2.10. The summed E-state index contributed by atoms with van der Waals surface area (Å²) in [6.45, 7) is 0.707. The van der Waals surface area contributed by atoms with E-state index >= 15 is 0 Å². The van der Waals surface area contributed by atoms with Crippen molar-refractivity contribution < 1.29 is 9.26 Å². The third kappa shape index (κ3) is 2.69. The lowest BCUT2D eigenvalue weighted by atomic mass is 10.4. The Hall–Kier alpha value is -2.11. The largest absolute Gasteiger partial charge is 0.495 e. The number of hydrogen-bond donors (Lipinski definition) is 1. The Morgan fingerprint density at radius 3 is 2.94 bits per heavy atom. The van der Waals surface area contributed by atoms with Crippen molar-refractivity contribution in [2.24, 2.45) is 0 Å². The van der Waals surface area contributed by atoms with Crippen LogP contribution in [0, 0.1) is 0 Å². The SMILES string of the molecule is COc1ccc(NCCc2ncon2)nc1. The van der Waals surface area contributed by atoms with Crippen molar-refractivity contribution in [3.8, 4) is 5.75 Å². The van der Waals surface area contributed by atoms with Gasteiger partial charge in [-0.15, -0.1) is 0 Å². The lowest BCUT2D eigenvalue weighted by molar-refractivity contribution is 0.410. The highest BCUT2D eigenvalue weighted by atomic mass is 16.5. The molecule has 0 unspecified atom stereocenters. The van der Waals surface area contributed by atoms with Crippen molar-refractivity contribution in [2.75, 3.05) is 19.0 Å². The minimum Gasteiger partial charge on any atom is -0.495 e. The van der Waals surface area contributed by atoms with Gasteiger partial charge in [-0.3, -0.25) is 0 Å². The van der Waals surface area contributed by atoms with Gasteiger partial charge in [0.2, 0.25) is 6.39 Å². The van der Waals surface area contributed by atoms with Crippen molar-refractivity contribution in [1.29, 1.82) is 0 Å². The van der Waals surface area contributed by atoms with E-state index in [1.807, 2.05) is 12.1 Å². The number of nitrogens with zero attached hydrogens (tertiary/aromatic N) is 3. The molecule has 0 fully saturated rings. The molecule has 0 aromatic carbocycles. The van der Waals surface area contributed by atoms with Gasteiger partial charge in [-0.25, -0.2) is 4.98 Å². The van der Waals surface area contributed by atoms with Gasteiger partial charge in [0.15, 0.2) is 5.82 Å². The second-order valence-electron chi connectivity index (χ2n) is 3.11. The predicted octanol–water partition coefficient (Wildman–Crippen LogP) is 1.13. The first-order valence-electron chi connectivity index (χ1n) is 4.87. The summed E-state index contributed by atoms with van der Waals surface area (Å²) < 4.78 is 9.64. The van der Waals surface area contributed by atoms with Crippen LogP contribution in [0.15, 0.2) is 29.2 Å². The molecule has 0 saturated heterocycles. The van der Waals surface area contributed by atoms with Crippen LogP contribution in [-0.2, 0) is 6.42 Å². The molecule has 16 heavy (non-hydrogen) atoms. The molecule has 0 aliphatic carbocycles. The van der Waals surface area contributed by atoms with Crippen molar-refractivity contribution >= 4 is 5.82 Å². The molecule has 6 nitrogen and oxygen atoms in total. The van der Waals surface area contributed by atoms with Crippen molar-refractivity contribution in [3.63, 3.8) is 0 Å². The van der Waals surface area contributed by atoms with Gasteiger partial charge in [-0.2, -0.15) is 4.98 Å². The molecule has 0 amide bonds. The molecule has 0 aliphatic rings. The van der Waals surface area contributed by atoms with E-state index < -0.39 is 0 Å². The Bertz CT molecular complexity index is 413. The summed E-state index contributed by atoms with van der Waals surface area (Å²) in [7, 11) is 1.61. The number of anilines is 1. The summed E-state index contributed by atoms with van der Waals surface area (Å²) in [5.74, 6) is 2.22. The first kappa shape index (κ1) is 10.4. The van der Waals surface area contributed by atoms with Gasteiger partial charge < -0.3 is 14.6 Å². The second kappa shape index (κ2) is 5.11. The molecule has 0 radical (unpaired) electrons. The molecule has 0 aliphatic heterocycles. The van der Waals surface area contributed by atoms with Crippen LogP contribution in [0.5, 0.6) is 5.75 Å². The van der Waals surface area contributed by atoms with E-state index in [0.29, 0.717) is 18.8 Å². The molecule has 2 heterocycles.